The van der Waals surface area contributed by atoms with Gasteiger partial charge in [0, 0.05) is 18.5 Å². The van der Waals surface area contributed by atoms with Crippen LogP contribution in [0.15, 0.2) is 0 Å². The second kappa shape index (κ2) is 6.08. The minimum absolute atomic E-state index is 0.709. The zero-order valence-corrected chi connectivity index (χ0v) is 10.7. The molecule has 0 saturated heterocycles. The van der Waals surface area contributed by atoms with Gasteiger partial charge in [0.25, 0.3) is 0 Å². The van der Waals surface area contributed by atoms with Crippen molar-refractivity contribution in [3.63, 3.8) is 0 Å². The van der Waals surface area contributed by atoms with Gasteiger partial charge in [0.05, 0.1) is 5.69 Å². The highest BCUT2D eigenvalue weighted by Crippen LogP contribution is 2.25. The van der Waals surface area contributed by atoms with E-state index in [0.717, 1.165) is 23.8 Å². The average molecular weight is 227 g/mol. The molecule has 0 atom stereocenters. The number of rotatable bonds is 6. The summed E-state index contributed by atoms with van der Waals surface area (Å²) in [5.41, 5.74) is 6.70. The van der Waals surface area contributed by atoms with E-state index in [1.807, 2.05) is 0 Å². The predicted molar refractivity (Wildman–Crippen MR) is 67.8 cm³/mol. The molecule has 0 fully saturated rings. The van der Waals surface area contributed by atoms with Gasteiger partial charge in [-0.2, -0.15) is 0 Å². The smallest absolute Gasteiger partial charge is 0.185 e. The Morgan fingerprint density at radius 1 is 1.47 bits per heavy atom. The van der Waals surface area contributed by atoms with Gasteiger partial charge in [0.15, 0.2) is 5.13 Å². The Balaban J connectivity index is 2.64. The third-order valence-corrected chi connectivity index (χ3v) is 3.76. The monoisotopic (exact) mass is 227 g/mol. The van der Waals surface area contributed by atoms with E-state index in [1.165, 1.54) is 17.7 Å². The maximum atomic E-state index is 5.56. The standard InChI is InChI=1S/C11H21N3S/c1-4-5-8-14(3)11-13-9(2)10(15-11)6-7-12/h4-8,12H2,1-3H3. The van der Waals surface area contributed by atoms with Crippen LogP contribution in [-0.4, -0.2) is 25.1 Å². The number of anilines is 1. The van der Waals surface area contributed by atoms with E-state index >= 15 is 0 Å². The first kappa shape index (κ1) is 12.5. The third kappa shape index (κ3) is 3.47. The van der Waals surface area contributed by atoms with Crippen LogP contribution >= 0.6 is 11.3 Å². The summed E-state index contributed by atoms with van der Waals surface area (Å²) in [5.74, 6) is 0. The van der Waals surface area contributed by atoms with Gasteiger partial charge in [-0.25, -0.2) is 4.98 Å². The normalized spacial score (nSPS) is 10.7. The van der Waals surface area contributed by atoms with Gasteiger partial charge in [0.1, 0.15) is 0 Å². The number of nitrogens with zero attached hydrogens (tertiary/aromatic N) is 2. The molecule has 2 N–H and O–H groups in total. The van der Waals surface area contributed by atoms with Crippen LogP contribution in [0.3, 0.4) is 0 Å². The van der Waals surface area contributed by atoms with E-state index in [2.05, 4.69) is 30.8 Å². The Kier molecular flexibility index (Phi) is 5.05. The lowest BCUT2D eigenvalue weighted by atomic mass is 10.3. The first-order valence-electron chi connectivity index (χ1n) is 5.56. The zero-order valence-electron chi connectivity index (χ0n) is 9.92. The van der Waals surface area contributed by atoms with E-state index in [0.29, 0.717) is 6.54 Å². The van der Waals surface area contributed by atoms with Crippen LogP contribution in [0.4, 0.5) is 5.13 Å². The van der Waals surface area contributed by atoms with E-state index in [4.69, 9.17) is 5.73 Å². The molecule has 4 heteroatoms. The summed E-state index contributed by atoms with van der Waals surface area (Å²) in [5, 5.41) is 1.13. The number of unbranched alkanes of at least 4 members (excludes halogenated alkanes) is 1. The van der Waals surface area contributed by atoms with Crippen LogP contribution in [0.25, 0.3) is 0 Å². The number of hydrogen-bond acceptors (Lipinski definition) is 4. The summed E-state index contributed by atoms with van der Waals surface area (Å²) in [7, 11) is 2.11. The highest BCUT2D eigenvalue weighted by molar-refractivity contribution is 7.15. The fourth-order valence-electron chi connectivity index (χ4n) is 1.43. The summed E-state index contributed by atoms with van der Waals surface area (Å²) >= 11 is 1.78. The van der Waals surface area contributed by atoms with Crippen molar-refractivity contribution in [1.29, 1.82) is 0 Å². The van der Waals surface area contributed by atoms with E-state index in [1.54, 1.807) is 11.3 Å². The topological polar surface area (TPSA) is 42.2 Å². The first-order valence-corrected chi connectivity index (χ1v) is 6.38. The van der Waals surface area contributed by atoms with Crippen molar-refractivity contribution in [2.24, 2.45) is 5.73 Å². The summed E-state index contributed by atoms with van der Waals surface area (Å²) < 4.78 is 0. The average Bonchev–Trinajstić information content (AvgIpc) is 2.58. The zero-order chi connectivity index (χ0) is 11.3. The molecule has 0 aliphatic heterocycles. The van der Waals surface area contributed by atoms with Crippen molar-refractivity contribution < 1.29 is 0 Å². The highest BCUT2D eigenvalue weighted by Gasteiger charge is 2.09. The molecule has 0 amide bonds. The Labute approximate surface area is 96.3 Å². The Morgan fingerprint density at radius 2 is 2.20 bits per heavy atom. The molecule has 0 aromatic carbocycles. The maximum Gasteiger partial charge on any atom is 0.185 e. The fourth-order valence-corrected chi connectivity index (χ4v) is 2.49. The van der Waals surface area contributed by atoms with Crippen molar-refractivity contribution in [3.8, 4) is 0 Å². The van der Waals surface area contributed by atoms with Crippen molar-refractivity contribution in [1.82, 2.24) is 4.98 Å². The fraction of sp³-hybridized carbons (Fsp3) is 0.727. The Hall–Kier alpha value is -0.610. The minimum atomic E-state index is 0.709. The van der Waals surface area contributed by atoms with Gasteiger partial charge in [-0.1, -0.05) is 13.3 Å². The molecule has 1 heterocycles. The summed E-state index contributed by atoms with van der Waals surface area (Å²) in [4.78, 5) is 8.14. The molecular weight excluding hydrogens is 206 g/mol. The SMILES string of the molecule is CCCCN(C)c1nc(C)c(CCN)s1. The number of hydrogen-bond donors (Lipinski definition) is 1. The molecule has 1 aromatic heterocycles. The van der Waals surface area contributed by atoms with E-state index < -0.39 is 0 Å². The molecule has 0 bridgehead atoms. The molecule has 0 saturated carbocycles. The number of aryl methyl sites for hydroxylation is 1. The highest BCUT2D eigenvalue weighted by atomic mass is 32.1. The third-order valence-electron chi connectivity index (χ3n) is 2.43. The van der Waals surface area contributed by atoms with E-state index in [-0.39, 0.29) is 0 Å². The summed E-state index contributed by atoms with van der Waals surface area (Å²) in [6.07, 6.45) is 3.40. The van der Waals surface area contributed by atoms with Crippen LogP contribution in [0.1, 0.15) is 30.3 Å². The lowest BCUT2D eigenvalue weighted by Gasteiger charge is -2.14. The van der Waals surface area contributed by atoms with Gasteiger partial charge in [-0.3, -0.25) is 0 Å². The molecule has 0 radical (unpaired) electrons. The largest absolute Gasteiger partial charge is 0.351 e. The molecule has 0 unspecified atom stereocenters. The first-order chi connectivity index (χ1) is 7.19. The maximum absolute atomic E-state index is 5.56. The van der Waals surface area contributed by atoms with E-state index in [9.17, 15) is 0 Å². The Bertz CT molecular complexity index is 296. The van der Waals surface area contributed by atoms with Crippen LogP contribution in [-0.2, 0) is 6.42 Å². The molecular formula is C11H21N3S. The van der Waals surface area contributed by atoms with Crippen molar-refractivity contribution in [2.45, 2.75) is 33.1 Å². The molecule has 86 valence electrons. The quantitative estimate of drug-likeness (QED) is 0.810. The number of thiazole rings is 1. The van der Waals surface area contributed by atoms with Crippen LogP contribution < -0.4 is 10.6 Å². The molecule has 1 rings (SSSR count). The molecule has 1 aromatic rings. The van der Waals surface area contributed by atoms with Gasteiger partial charge in [-0.05, 0) is 26.3 Å². The van der Waals surface area contributed by atoms with Gasteiger partial charge < -0.3 is 10.6 Å². The summed E-state index contributed by atoms with van der Waals surface area (Å²) in [6.45, 7) is 6.08. The molecule has 0 aliphatic carbocycles. The molecule has 3 nitrogen and oxygen atoms in total. The van der Waals surface area contributed by atoms with Gasteiger partial charge >= 0.3 is 0 Å². The van der Waals surface area contributed by atoms with Gasteiger partial charge in [-0.15, -0.1) is 11.3 Å². The van der Waals surface area contributed by atoms with Crippen LogP contribution in [0.2, 0.25) is 0 Å². The lowest BCUT2D eigenvalue weighted by molar-refractivity contribution is 0.764. The lowest BCUT2D eigenvalue weighted by Crippen LogP contribution is -2.17. The van der Waals surface area contributed by atoms with Gasteiger partial charge in [0.2, 0.25) is 0 Å². The van der Waals surface area contributed by atoms with Crippen molar-refractivity contribution in [3.05, 3.63) is 10.6 Å². The second-order valence-corrected chi connectivity index (χ2v) is 4.88. The molecule has 0 aliphatic rings. The predicted octanol–water partition coefficient (Wildman–Crippen LogP) is 2.19. The van der Waals surface area contributed by atoms with Crippen molar-refractivity contribution >= 4 is 16.5 Å². The second-order valence-electron chi connectivity index (χ2n) is 3.82. The minimum Gasteiger partial charge on any atom is -0.351 e. The molecule has 0 spiro atoms. The van der Waals surface area contributed by atoms with Crippen LogP contribution in [0, 0.1) is 6.92 Å². The molecule has 15 heavy (non-hydrogen) atoms. The summed E-state index contributed by atoms with van der Waals surface area (Å²) in [6, 6.07) is 0. The Morgan fingerprint density at radius 3 is 2.80 bits per heavy atom. The van der Waals surface area contributed by atoms with Crippen LogP contribution in [0.5, 0.6) is 0 Å². The number of nitrogens with two attached hydrogens (primary N) is 1. The van der Waals surface area contributed by atoms with Crippen molar-refractivity contribution in [2.75, 3.05) is 25.0 Å². The number of aromatic nitrogens is 1.